The van der Waals surface area contributed by atoms with Gasteiger partial charge in [0.15, 0.2) is 0 Å². The second-order valence-electron chi connectivity index (χ2n) is 6.19. The van der Waals surface area contributed by atoms with E-state index < -0.39 is 5.54 Å². The average Bonchev–Trinajstić information content (AvgIpc) is 2.11. The third-order valence-corrected chi connectivity index (χ3v) is 3.90. The normalized spacial score (nSPS) is 27.4. The fraction of sp³-hybridized carbons (Fsp3) is 0.917. The van der Waals surface area contributed by atoms with Gasteiger partial charge in [-0.1, -0.05) is 0 Å². The van der Waals surface area contributed by atoms with Crippen LogP contribution in [0.4, 0.5) is 0 Å². The molecule has 16 heavy (non-hydrogen) atoms. The van der Waals surface area contributed by atoms with Gasteiger partial charge < -0.3 is 10.5 Å². The van der Waals surface area contributed by atoms with E-state index in [9.17, 15) is 4.79 Å². The molecule has 2 N–H and O–H groups in total. The maximum absolute atomic E-state index is 11.8. The molecular weight excluding hydrogens is 204 g/mol. The fourth-order valence-electron chi connectivity index (χ4n) is 3.01. The number of piperidine rings is 1. The Hall–Kier alpha value is -0.610. The average molecular weight is 228 g/mol. The predicted molar refractivity (Wildman–Crippen MR) is 64.1 cm³/mol. The van der Waals surface area contributed by atoms with Crippen LogP contribution in [0.5, 0.6) is 0 Å². The number of esters is 1. The van der Waals surface area contributed by atoms with E-state index in [-0.39, 0.29) is 17.0 Å². The summed E-state index contributed by atoms with van der Waals surface area (Å²) >= 11 is 0. The number of hydrogen-bond acceptors (Lipinski definition) is 4. The Morgan fingerprint density at radius 1 is 1.19 bits per heavy atom. The number of nitrogens with zero attached hydrogens (tertiary/aromatic N) is 1. The van der Waals surface area contributed by atoms with Gasteiger partial charge in [-0.2, -0.15) is 0 Å². The largest absolute Gasteiger partial charge is 0.468 e. The summed E-state index contributed by atoms with van der Waals surface area (Å²) in [5.74, 6) is -0.304. The van der Waals surface area contributed by atoms with Crippen LogP contribution in [-0.2, 0) is 9.53 Å². The van der Waals surface area contributed by atoms with Gasteiger partial charge in [-0.15, -0.1) is 0 Å². The van der Waals surface area contributed by atoms with Crippen molar-refractivity contribution >= 4 is 5.97 Å². The van der Waals surface area contributed by atoms with Crippen LogP contribution in [-0.4, -0.2) is 41.6 Å². The van der Waals surface area contributed by atoms with Crippen molar-refractivity contribution < 1.29 is 9.53 Å². The van der Waals surface area contributed by atoms with Crippen LogP contribution in [0.15, 0.2) is 0 Å². The lowest BCUT2D eigenvalue weighted by molar-refractivity contribution is -0.155. The molecule has 0 bridgehead atoms. The summed E-state index contributed by atoms with van der Waals surface area (Å²) in [4.78, 5) is 14.1. The summed E-state index contributed by atoms with van der Waals surface area (Å²) in [7, 11) is 3.48. The summed E-state index contributed by atoms with van der Waals surface area (Å²) in [6.07, 6.45) is 1.24. The number of rotatable bonds is 1. The molecule has 0 amide bonds. The second kappa shape index (κ2) is 3.70. The van der Waals surface area contributed by atoms with E-state index in [0.29, 0.717) is 12.8 Å². The lowest BCUT2D eigenvalue weighted by Crippen LogP contribution is -2.69. The molecule has 1 heterocycles. The highest BCUT2D eigenvalue weighted by molar-refractivity contribution is 5.81. The van der Waals surface area contributed by atoms with Gasteiger partial charge >= 0.3 is 5.97 Å². The summed E-state index contributed by atoms with van der Waals surface area (Å²) in [6, 6.07) is 0. The van der Waals surface area contributed by atoms with E-state index in [4.69, 9.17) is 10.5 Å². The summed E-state index contributed by atoms with van der Waals surface area (Å²) in [6.45, 7) is 8.44. The van der Waals surface area contributed by atoms with Crippen molar-refractivity contribution in [3.63, 3.8) is 0 Å². The standard InChI is InChI=1S/C12H24N2O2/c1-10(2)7-12(13,9(15)16-6)8-11(3,4)14(10)5/h7-8,13H2,1-6H3. The smallest absolute Gasteiger partial charge is 0.325 e. The van der Waals surface area contributed by atoms with Crippen molar-refractivity contribution in [3.8, 4) is 0 Å². The number of hydrogen-bond donors (Lipinski definition) is 1. The van der Waals surface area contributed by atoms with Gasteiger partial charge in [0.05, 0.1) is 7.11 Å². The molecule has 0 spiro atoms. The summed E-state index contributed by atoms with van der Waals surface area (Å²) in [5.41, 5.74) is 5.15. The van der Waals surface area contributed by atoms with Gasteiger partial charge in [-0.05, 0) is 47.6 Å². The molecule has 0 aliphatic carbocycles. The van der Waals surface area contributed by atoms with Gasteiger partial charge in [0.25, 0.3) is 0 Å². The molecule has 0 aromatic carbocycles. The van der Waals surface area contributed by atoms with Gasteiger partial charge in [0.1, 0.15) is 5.54 Å². The number of likely N-dealkylation sites (tertiary alicyclic amines) is 1. The number of methoxy groups -OCH3 is 1. The number of nitrogens with two attached hydrogens (primary N) is 1. The number of carbonyl (C=O) groups is 1. The van der Waals surface area contributed by atoms with Crippen molar-refractivity contribution in [1.82, 2.24) is 4.90 Å². The zero-order chi connectivity index (χ0) is 12.8. The monoisotopic (exact) mass is 228 g/mol. The van der Waals surface area contributed by atoms with Crippen LogP contribution < -0.4 is 5.73 Å². The summed E-state index contributed by atoms with van der Waals surface area (Å²) in [5, 5.41) is 0. The lowest BCUT2D eigenvalue weighted by atomic mass is 9.70. The van der Waals surface area contributed by atoms with Crippen LogP contribution in [0.3, 0.4) is 0 Å². The first kappa shape index (κ1) is 13.5. The fourth-order valence-corrected chi connectivity index (χ4v) is 3.01. The molecule has 0 saturated carbocycles. The zero-order valence-corrected chi connectivity index (χ0v) is 11.3. The SMILES string of the molecule is COC(=O)C1(N)CC(C)(C)N(C)C(C)(C)C1. The van der Waals surface area contributed by atoms with Crippen molar-refractivity contribution in [3.05, 3.63) is 0 Å². The highest BCUT2D eigenvalue weighted by atomic mass is 16.5. The molecule has 1 saturated heterocycles. The van der Waals surface area contributed by atoms with Gasteiger partial charge in [-0.25, -0.2) is 0 Å². The van der Waals surface area contributed by atoms with Crippen molar-refractivity contribution in [2.24, 2.45) is 5.73 Å². The Kier molecular flexibility index (Phi) is 3.12. The third-order valence-electron chi connectivity index (χ3n) is 3.90. The molecule has 0 aromatic heterocycles. The van der Waals surface area contributed by atoms with E-state index in [0.717, 1.165) is 0 Å². The van der Waals surface area contributed by atoms with Crippen LogP contribution in [0.25, 0.3) is 0 Å². The van der Waals surface area contributed by atoms with E-state index in [1.165, 1.54) is 7.11 Å². The predicted octanol–water partition coefficient (Wildman–Crippen LogP) is 1.14. The lowest BCUT2D eigenvalue weighted by Gasteiger charge is -2.56. The maximum Gasteiger partial charge on any atom is 0.325 e. The Morgan fingerprint density at radius 2 is 1.56 bits per heavy atom. The van der Waals surface area contributed by atoms with Gasteiger partial charge in [0.2, 0.25) is 0 Å². The van der Waals surface area contributed by atoms with Crippen molar-refractivity contribution in [2.45, 2.75) is 57.2 Å². The van der Waals surface area contributed by atoms with Crippen LogP contribution >= 0.6 is 0 Å². The van der Waals surface area contributed by atoms with E-state index in [1.54, 1.807) is 0 Å². The minimum absolute atomic E-state index is 0.106. The molecule has 4 heteroatoms. The quantitative estimate of drug-likeness (QED) is 0.684. The topological polar surface area (TPSA) is 55.6 Å². The molecule has 0 atom stereocenters. The second-order valence-corrected chi connectivity index (χ2v) is 6.19. The molecule has 1 aliphatic rings. The minimum Gasteiger partial charge on any atom is -0.468 e. The first-order valence-electron chi connectivity index (χ1n) is 5.66. The van der Waals surface area contributed by atoms with Crippen molar-refractivity contribution in [2.75, 3.05) is 14.2 Å². The molecule has 1 aliphatic heterocycles. The molecule has 0 aromatic rings. The Bertz CT molecular complexity index is 279. The van der Waals surface area contributed by atoms with Crippen molar-refractivity contribution in [1.29, 1.82) is 0 Å². The maximum atomic E-state index is 11.8. The van der Waals surface area contributed by atoms with E-state index >= 15 is 0 Å². The Labute approximate surface area is 98.1 Å². The van der Waals surface area contributed by atoms with E-state index in [2.05, 4.69) is 39.6 Å². The minimum atomic E-state index is -0.867. The number of ether oxygens (including phenoxy) is 1. The van der Waals surface area contributed by atoms with Gasteiger partial charge in [0, 0.05) is 11.1 Å². The first-order chi connectivity index (χ1) is 7.05. The number of carbonyl (C=O) groups excluding carboxylic acids is 1. The molecule has 1 rings (SSSR count). The molecule has 0 radical (unpaired) electrons. The van der Waals surface area contributed by atoms with E-state index in [1.807, 2.05) is 0 Å². The Balaban J connectivity index is 3.07. The molecule has 0 unspecified atom stereocenters. The highest BCUT2D eigenvalue weighted by Gasteiger charge is 2.53. The zero-order valence-electron chi connectivity index (χ0n) is 11.3. The van der Waals surface area contributed by atoms with Crippen LogP contribution in [0, 0.1) is 0 Å². The van der Waals surface area contributed by atoms with Crippen LogP contribution in [0.2, 0.25) is 0 Å². The summed E-state index contributed by atoms with van der Waals surface area (Å²) < 4.78 is 4.83. The molecular formula is C12H24N2O2. The molecule has 4 nitrogen and oxygen atoms in total. The molecule has 1 fully saturated rings. The van der Waals surface area contributed by atoms with Gasteiger partial charge in [-0.3, -0.25) is 9.69 Å². The molecule has 94 valence electrons. The first-order valence-corrected chi connectivity index (χ1v) is 5.66. The Morgan fingerprint density at radius 3 is 1.88 bits per heavy atom. The van der Waals surface area contributed by atoms with Crippen LogP contribution in [0.1, 0.15) is 40.5 Å². The highest BCUT2D eigenvalue weighted by Crippen LogP contribution is 2.41. The third kappa shape index (κ3) is 2.09.